The third-order valence-corrected chi connectivity index (χ3v) is 5.31. The van der Waals surface area contributed by atoms with Crippen molar-refractivity contribution in [2.45, 2.75) is 12.4 Å². The minimum atomic E-state index is -4.38. The van der Waals surface area contributed by atoms with E-state index in [2.05, 4.69) is 0 Å². The van der Waals surface area contributed by atoms with Crippen LogP contribution in [0.5, 0.6) is 0 Å². The topological polar surface area (TPSA) is 0 Å². The van der Waals surface area contributed by atoms with E-state index >= 15 is 0 Å². The van der Waals surface area contributed by atoms with Gasteiger partial charge in [0.2, 0.25) is 0 Å². The maximum atomic E-state index is 12.4. The Morgan fingerprint density at radius 1 is 0.524 bits per heavy atom. The van der Waals surface area contributed by atoms with Crippen LogP contribution in [0.15, 0.2) is 48.5 Å². The van der Waals surface area contributed by atoms with Crippen LogP contribution in [0.3, 0.4) is 0 Å². The minimum absolute atomic E-state index is 0.711. The van der Waals surface area contributed by atoms with E-state index in [0.29, 0.717) is 7.91 Å². The van der Waals surface area contributed by atoms with Crippen molar-refractivity contribution >= 4 is 7.91 Å². The molecule has 0 radical (unpaired) electrons. The van der Waals surface area contributed by atoms with E-state index in [9.17, 15) is 26.3 Å². The molecule has 0 amide bonds. The van der Waals surface area contributed by atoms with Crippen LogP contribution in [0.25, 0.3) is 0 Å². The Bertz CT molecular complexity index is 540. The molecule has 0 spiro atoms. The van der Waals surface area contributed by atoms with E-state index in [1.54, 1.807) is 0 Å². The Labute approximate surface area is 125 Å². The molecule has 21 heavy (non-hydrogen) atoms. The van der Waals surface area contributed by atoms with Crippen molar-refractivity contribution in [3.8, 4) is 0 Å². The molecule has 2 rings (SSSR count). The number of alkyl halides is 6. The van der Waals surface area contributed by atoms with Crippen molar-refractivity contribution in [3.63, 3.8) is 0 Å². The Morgan fingerprint density at radius 3 is 1.05 bits per heavy atom. The zero-order valence-electron chi connectivity index (χ0n) is 10.2. The first-order valence-electron chi connectivity index (χ1n) is 5.59. The molecule has 0 bridgehead atoms. The zero-order chi connectivity index (χ0) is 15.7. The summed E-state index contributed by atoms with van der Waals surface area (Å²) in [6.45, 7) is 0. The quantitative estimate of drug-likeness (QED) is 0.569. The van der Waals surface area contributed by atoms with E-state index in [0.717, 1.165) is 24.3 Å². The fourth-order valence-electron chi connectivity index (χ4n) is 1.47. The molecule has 0 saturated carbocycles. The van der Waals surface area contributed by atoms with E-state index in [1.165, 1.54) is 24.3 Å². The van der Waals surface area contributed by atoms with Gasteiger partial charge in [0.15, 0.2) is 0 Å². The average molecular weight is 485 g/mol. The molecule has 0 aliphatic rings. The Balaban J connectivity index is 2.12. The van der Waals surface area contributed by atoms with Gasteiger partial charge in [-0.25, -0.2) is 0 Å². The first-order valence-corrected chi connectivity index (χ1v) is 7.87. The fraction of sp³-hybridized carbons (Fsp3) is 0.143. The van der Waals surface area contributed by atoms with Crippen LogP contribution in [-0.4, -0.2) is 0 Å². The van der Waals surface area contributed by atoms with E-state index in [-0.39, 0.29) is 0 Å². The molecule has 0 N–H and O–H groups in total. The normalized spacial score (nSPS) is 12.7. The van der Waals surface area contributed by atoms with Gasteiger partial charge in [-0.05, 0) is 0 Å². The van der Waals surface area contributed by atoms with Crippen molar-refractivity contribution in [1.29, 1.82) is 0 Å². The van der Waals surface area contributed by atoms with E-state index in [4.69, 9.17) is 0 Å². The third-order valence-electron chi connectivity index (χ3n) is 2.48. The van der Waals surface area contributed by atoms with Crippen molar-refractivity contribution < 1.29 is 44.9 Å². The molecular formula is C14H8F6Pt. The van der Waals surface area contributed by atoms with Gasteiger partial charge in [-0.2, -0.15) is 0 Å². The van der Waals surface area contributed by atoms with Crippen molar-refractivity contribution in [2.24, 2.45) is 0 Å². The van der Waals surface area contributed by atoms with Gasteiger partial charge in [-0.3, -0.25) is 0 Å². The molecule has 116 valence electrons. The average Bonchev–Trinajstić information content (AvgIpc) is 2.38. The van der Waals surface area contributed by atoms with Gasteiger partial charge in [-0.15, -0.1) is 0 Å². The number of hydrogen-bond donors (Lipinski definition) is 0. The molecular weight excluding hydrogens is 477 g/mol. The van der Waals surface area contributed by atoms with Crippen LogP contribution in [0.1, 0.15) is 11.1 Å². The van der Waals surface area contributed by atoms with Crippen molar-refractivity contribution in [1.82, 2.24) is 0 Å². The van der Waals surface area contributed by atoms with Crippen molar-refractivity contribution in [3.05, 3.63) is 59.7 Å². The molecule has 0 aliphatic carbocycles. The zero-order valence-corrected chi connectivity index (χ0v) is 12.5. The summed E-state index contributed by atoms with van der Waals surface area (Å²) in [6.07, 6.45) is -8.77. The van der Waals surface area contributed by atoms with Crippen LogP contribution in [0.2, 0.25) is 0 Å². The summed E-state index contributed by atoms with van der Waals surface area (Å²) >= 11 is -0.816. The summed E-state index contributed by atoms with van der Waals surface area (Å²) in [5, 5.41) is 0. The van der Waals surface area contributed by atoms with Crippen LogP contribution in [0, 0.1) is 0 Å². The number of rotatable bonds is 2. The predicted octanol–water partition coefficient (Wildman–Crippen LogP) is 3.76. The maximum absolute atomic E-state index is 12.4. The summed E-state index contributed by atoms with van der Waals surface area (Å²) < 4.78 is 75.9. The van der Waals surface area contributed by atoms with Crippen molar-refractivity contribution in [2.75, 3.05) is 0 Å². The number of benzene rings is 2. The molecule has 0 aliphatic heterocycles. The summed E-state index contributed by atoms with van der Waals surface area (Å²) in [4.78, 5) is 0. The molecule has 7 heteroatoms. The van der Waals surface area contributed by atoms with Gasteiger partial charge in [0.1, 0.15) is 0 Å². The number of hydrogen-bond acceptors (Lipinski definition) is 0. The monoisotopic (exact) mass is 485 g/mol. The van der Waals surface area contributed by atoms with Gasteiger partial charge in [0.25, 0.3) is 0 Å². The SMILES string of the molecule is FC(F)(F)c1cc[c]([Pt][c]2ccc(C(F)(F)F)cc2)cc1. The Morgan fingerprint density at radius 2 is 0.810 bits per heavy atom. The molecule has 0 nitrogen and oxygen atoms in total. The summed E-state index contributed by atoms with van der Waals surface area (Å²) in [6, 6.07) is 9.42. The second kappa shape index (κ2) is 5.84. The molecule has 2 aromatic rings. The molecule has 2 aromatic carbocycles. The predicted molar refractivity (Wildman–Crippen MR) is 62.2 cm³/mol. The van der Waals surface area contributed by atoms with Gasteiger partial charge in [-0.1, -0.05) is 0 Å². The standard InChI is InChI=1S/2C7H4F3.Pt/c2*8-7(9,10)6-4-2-1-3-5-6;/h2*2-5H;. The van der Waals surface area contributed by atoms with Crippen LogP contribution < -0.4 is 7.91 Å². The van der Waals surface area contributed by atoms with Gasteiger partial charge >= 0.3 is 125 Å². The van der Waals surface area contributed by atoms with Crippen LogP contribution in [0.4, 0.5) is 26.3 Å². The summed E-state index contributed by atoms with van der Waals surface area (Å²) in [5.74, 6) is 0. The molecule has 0 unspecified atom stereocenters. The molecule has 0 aromatic heterocycles. The molecule has 0 fully saturated rings. The Kier molecular flexibility index (Phi) is 4.47. The summed E-state index contributed by atoms with van der Waals surface area (Å²) in [5.41, 5.74) is -1.47. The molecule has 0 atom stereocenters. The fourth-order valence-corrected chi connectivity index (χ4v) is 3.74. The summed E-state index contributed by atoms with van der Waals surface area (Å²) in [7, 11) is 0. The number of halogens is 6. The first kappa shape index (κ1) is 16.1. The Hall–Kier alpha value is -1.29. The molecule has 0 heterocycles. The second-order valence-electron chi connectivity index (χ2n) is 4.02. The van der Waals surface area contributed by atoms with Gasteiger partial charge in [0, 0.05) is 0 Å². The molecule has 0 saturated heterocycles. The third kappa shape index (κ3) is 4.34. The van der Waals surface area contributed by atoms with Gasteiger partial charge in [0.05, 0.1) is 0 Å². The van der Waals surface area contributed by atoms with Crippen LogP contribution in [-0.2, 0) is 30.9 Å². The van der Waals surface area contributed by atoms with Crippen LogP contribution >= 0.6 is 0 Å². The van der Waals surface area contributed by atoms with E-state index in [1.807, 2.05) is 0 Å². The first-order chi connectivity index (χ1) is 9.66. The van der Waals surface area contributed by atoms with Gasteiger partial charge < -0.3 is 0 Å². The van der Waals surface area contributed by atoms with E-state index < -0.39 is 42.0 Å². The second-order valence-corrected chi connectivity index (χ2v) is 7.21.